The van der Waals surface area contributed by atoms with E-state index >= 15 is 0 Å². The highest BCUT2D eigenvalue weighted by molar-refractivity contribution is 7.09. The zero-order valence-corrected chi connectivity index (χ0v) is 14.8. The molecule has 0 aliphatic carbocycles. The lowest BCUT2D eigenvalue weighted by Gasteiger charge is -2.33. The normalized spacial score (nSPS) is 18.3. The van der Waals surface area contributed by atoms with E-state index in [1.165, 1.54) is 10.6 Å². The van der Waals surface area contributed by atoms with Gasteiger partial charge in [0.15, 0.2) is 0 Å². The summed E-state index contributed by atoms with van der Waals surface area (Å²) in [5.41, 5.74) is 2.25. The predicted molar refractivity (Wildman–Crippen MR) is 93.8 cm³/mol. The van der Waals surface area contributed by atoms with Crippen molar-refractivity contribution >= 4 is 17.2 Å². The first-order valence-electron chi connectivity index (χ1n) is 8.46. The molecule has 3 rings (SSSR count). The van der Waals surface area contributed by atoms with Gasteiger partial charge in [0.05, 0.1) is 11.7 Å². The van der Waals surface area contributed by atoms with E-state index in [0.29, 0.717) is 18.4 Å². The molecule has 0 spiro atoms. The van der Waals surface area contributed by atoms with Crippen molar-refractivity contribution in [2.75, 3.05) is 13.1 Å². The Morgan fingerprint density at radius 2 is 2.30 bits per heavy atom. The Morgan fingerprint density at radius 3 is 3.00 bits per heavy atom. The molecule has 23 heavy (non-hydrogen) atoms. The number of carbonyl (C=O) groups excluding carboxylic acids is 1. The number of aromatic nitrogens is 2. The van der Waals surface area contributed by atoms with Crippen LogP contribution in [0.25, 0.3) is 0 Å². The van der Waals surface area contributed by atoms with Crippen molar-refractivity contribution in [3.05, 3.63) is 39.8 Å². The first-order valence-corrected chi connectivity index (χ1v) is 9.34. The number of hydrogen-bond donors (Lipinski definition) is 0. The molecule has 0 unspecified atom stereocenters. The Morgan fingerprint density at radius 1 is 1.43 bits per heavy atom. The predicted octanol–water partition coefficient (Wildman–Crippen LogP) is 3.75. The van der Waals surface area contributed by atoms with E-state index in [9.17, 15) is 4.79 Å². The molecule has 0 N–H and O–H groups in total. The van der Waals surface area contributed by atoms with Gasteiger partial charge in [-0.1, -0.05) is 6.07 Å². The Balaban J connectivity index is 1.53. The van der Waals surface area contributed by atoms with Gasteiger partial charge in [-0.05, 0) is 57.0 Å². The monoisotopic (exact) mass is 331 g/mol. The molecule has 3 heterocycles. The number of amides is 1. The summed E-state index contributed by atoms with van der Waals surface area (Å²) in [7, 11) is 0. The van der Waals surface area contributed by atoms with Crippen LogP contribution < -0.4 is 0 Å². The maximum Gasteiger partial charge on any atom is 0.222 e. The van der Waals surface area contributed by atoms with Gasteiger partial charge in [-0.3, -0.25) is 9.48 Å². The third kappa shape index (κ3) is 4.02. The third-order valence-corrected chi connectivity index (χ3v) is 5.47. The standard InChI is InChI=1S/C18H25N3OS/c1-14-12-15(2)21(19-14)16-6-4-10-20(13-16)18(22)9-3-7-17-8-5-11-23-17/h5,8,11-12,16H,3-4,6-7,9-10,13H2,1-2H3/t16-/m1/s1. The molecule has 1 amide bonds. The molecule has 0 saturated carbocycles. The van der Waals surface area contributed by atoms with Gasteiger partial charge >= 0.3 is 0 Å². The number of likely N-dealkylation sites (tertiary alicyclic amines) is 1. The average Bonchev–Trinajstić information content (AvgIpc) is 3.17. The van der Waals surface area contributed by atoms with Crippen LogP contribution >= 0.6 is 11.3 Å². The Labute approximate surface area is 142 Å². The molecule has 1 atom stereocenters. The van der Waals surface area contributed by atoms with E-state index in [2.05, 4.69) is 40.3 Å². The van der Waals surface area contributed by atoms with Crippen molar-refractivity contribution in [1.82, 2.24) is 14.7 Å². The van der Waals surface area contributed by atoms with Gasteiger partial charge in [-0.25, -0.2) is 0 Å². The second-order valence-corrected chi connectivity index (χ2v) is 7.47. The molecule has 1 aliphatic heterocycles. The van der Waals surface area contributed by atoms with Gasteiger partial charge in [-0.2, -0.15) is 5.10 Å². The van der Waals surface area contributed by atoms with Crippen LogP contribution in [0.2, 0.25) is 0 Å². The number of aryl methyl sites for hydroxylation is 3. The van der Waals surface area contributed by atoms with Crippen molar-refractivity contribution in [3.8, 4) is 0 Å². The minimum absolute atomic E-state index is 0.299. The minimum Gasteiger partial charge on any atom is -0.341 e. The van der Waals surface area contributed by atoms with Crippen LogP contribution in [-0.4, -0.2) is 33.7 Å². The summed E-state index contributed by atoms with van der Waals surface area (Å²) in [6, 6.07) is 6.67. The smallest absolute Gasteiger partial charge is 0.222 e. The molecule has 124 valence electrons. The largest absolute Gasteiger partial charge is 0.341 e. The lowest BCUT2D eigenvalue weighted by atomic mass is 10.0. The molecule has 2 aromatic rings. The van der Waals surface area contributed by atoms with Gasteiger partial charge in [0, 0.05) is 30.1 Å². The molecule has 4 nitrogen and oxygen atoms in total. The molecule has 1 saturated heterocycles. The fourth-order valence-electron chi connectivity index (χ4n) is 3.42. The molecule has 0 aromatic carbocycles. The van der Waals surface area contributed by atoms with Gasteiger partial charge in [0.25, 0.3) is 0 Å². The van der Waals surface area contributed by atoms with Crippen molar-refractivity contribution < 1.29 is 4.79 Å². The van der Waals surface area contributed by atoms with Crippen LogP contribution in [0.5, 0.6) is 0 Å². The fourth-order valence-corrected chi connectivity index (χ4v) is 4.17. The van der Waals surface area contributed by atoms with Gasteiger partial charge < -0.3 is 4.90 Å². The summed E-state index contributed by atoms with van der Waals surface area (Å²) in [6.07, 6.45) is 4.79. The van der Waals surface area contributed by atoms with Crippen molar-refractivity contribution in [2.24, 2.45) is 0 Å². The Hall–Kier alpha value is -1.62. The fraction of sp³-hybridized carbons (Fsp3) is 0.556. The van der Waals surface area contributed by atoms with E-state index < -0.39 is 0 Å². The number of piperidine rings is 1. The summed E-state index contributed by atoms with van der Waals surface area (Å²) in [5.74, 6) is 0.299. The topological polar surface area (TPSA) is 38.1 Å². The minimum atomic E-state index is 0.299. The zero-order valence-electron chi connectivity index (χ0n) is 14.0. The number of hydrogen-bond acceptors (Lipinski definition) is 3. The van der Waals surface area contributed by atoms with Crippen LogP contribution in [0.3, 0.4) is 0 Å². The molecular weight excluding hydrogens is 306 g/mol. The lowest BCUT2D eigenvalue weighted by molar-refractivity contribution is -0.133. The van der Waals surface area contributed by atoms with E-state index in [1.54, 1.807) is 11.3 Å². The van der Waals surface area contributed by atoms with Gasteiger partial charge in [0.2, 0.25) is 5.91 Å². The summed E-state index contributed by atoms with van der Waals surface area (Å²) >= 11 is 1.78. The molecule has 0 radical (unpaired) electrons. The van der Waals surface area contributed by atoms with E-state index in [1.807, 2.05) is 11.8 Å². The second-order valence-electron chi connectivity index (χ2n) is 6.44. The third-order valence-electron chi connectivity index (χ3n) is 4.53. The maximum absolute atomic E-state index is 12.5. The highest BCUT2D eigenvalue weighted by atomic mass is 32.1. The van der Waals surface area contributed by atoms with Crippen molar-refractivity contribution in [2.45, 2.75) is 52.0 Å². The Kier molecular flexibility index (Phi) is 5.16. The summed E-state index contributed by atoms with van der Waals surface area (Å²) < 4.78 is 2.11. The van der Waals surface area contributed by atoms with Gasteiger partial charge in [0.1, 0.15) is 0 Å². The van der Waals surface area contributed by atoms with Crippen LogP contribution in [0.1, 0.15) is 48.0 Å². The molecule has 5 heteroatoms. The Bertz CT molecular complexity index is 647. The first kappa shape index (κ1) is 16.2. The van der Waals surface area contributed by atoms with Crippen LogP contribution in [0.15, 0.2) is 23.6 Å². The van der Waals surface area contributed by atoms with E-state index in [0.717, 1.165) is 44.5 Å². The molecule has 1 aliphatic rings. The zero-order chi connectivity index (χ0) is 16.2. The van der Waals surface area contributed by atoms with E-state index in [4.69, 9.17) is 0 Å². The van der Waals surface area contributed by atoms with Crippen LogP contribution in [0, 0.1) is 13.8 Å². The SMILES string of the molecule is Cc1cc(C)n([C@@H]2CCCN(C(=O)CCCc3cccs3)C2)n1. The van der Waals surface area contributed by atoms with Crippen LogP contribution in [0.4, 0.5) is 0 Å². The maximum atomic E-state index is 12.5. The number of rotatable bonds is 5. The summed E-state index contributed by atoms with van der Waals surface area (Å²) in [4.78, 5) is 15.9. The second kappa shape index (κ2) is 7.30. The first-order chi connectivity index (χ1) is 11.1. The van der Waals surface area contributed by atoms with Crippen molar-refractivity contribution in [1.29, 1.82) is 0 Å². The summed E-state index contributed by atoms with van der Waals surface area (Å²) in [5, 5.41) is 6.70. The number of thiophene rings is 1. The number of carbonyl (C=O) groups is 1. The molecule has 1 fully saturated rings. The molecule has 2 aromatic heterocycles. The lowest BCUT2D eigenvalue weighted by Crippen LogP contribution is -2.41. The summed E-state index contributed by atoms with van der Waals surface area (Å²) in [6.45, 7) is 5.83. The average molecular weight is 331 g/mol. The van der Waals surface area contributed by atoms with Gasteiger partial charge in [-0.15, -0.1) is 11.3 Å². The van der Waals surface area contributed by atoms with Crippen molar-refractivity contribution in [3.63, 3.8) is 0 Å². The molecular formula is C18H25N3OS. The van der Waals surface area contributed by atoms with E-state index in [-0.39, 0.29) is 0 Å². The highest BCUT2D eigenvalue weighted by Crippen LogP contribution is 2.24. The molecule has 0 bridgehead atoms. The highest BCUT2D eigenvalue weighted by Gasteiger charge is 2.25. The number of nitrogens with zero attached hydrogens (tertiary/aromatic N) is 3. The van der Waals surface area contributed by atoms with Crippen LogP contribution in [-0.2, 0) is 11.2 Å². The quantitative estimate of drug-likeness (QED) is 0.837.